The zero-order valence-corrected chi connectivity index (χ0v) is 9.34. The lowest BCUT2D eigenvalue weighted by Gasteiger charge is -1.96. The molecule has 0 unspecified atom stereocenters. The number of rotatable bonds is 3. The Balaban J connectivity index is 0.00000112. The van der Waals surface area contributed by atoms with E-state index in [-0.39, 0.29) is 12.4 Å². The summed E-state index contributed by atoms with van der Waals surface area (Å²) in [5.74, 6) is 1.77. The zero-order chi connectivity index (χ0) is 9.97. The number of fused-ring (bicyclic) bond motifs is 1. The molecule has 1 aromatic carbocycles. The van der Waals surface area contributed by atoms with Crippen molar-refractivity contribution in [2.24, 2.45) is 5.73 Å². The minimum absolute atomic E-state index is 0. The van der Waals surface area contributed by atoms with Gasteiger partial charge in [-0.1, -0.05) is 0 Å². The van der Waals surface area contributed by atoms with Gasteiger partial charge >= 0.3 is 0 Å². The summed E-state index contributed by atoms with van der Waals surface area (Å²) in [4.78, 5) is 0. The Kier molecular flexibility index (Phi) is 4.00. The fourth-order valence-corrected chi connectivity index (χ4v) is 1.47. The number of hydrogen-bond donors (Lipinski definition) is 1. The van der Waals surface area contributed by atoms with Crippen LogP contribution in [-0.4, -0.2) is 13.7 Å². The van der Waals surface area contributed by atoms with Crippen LogP contribution in [0.1, 0.15) is 5.76 Å². The average Bonchev–Trinajstić information content (AvgIpc) is 2.59. The van der Waals surface area contributed by atoms with Crippen LogP contribution in [0.5, 0.6) is 5.75 Å². The first-order valence-electron chi connectivity index (χ1n) is 4.60. The molecular formula is C11H14ClNO2. The van der Waals surface area contributed by atoms with Crippen molar-refractivity contribution in [1.29, 1.82) is 0 Å². The third kappa shape index (κ3) is 2.43. The molecule has 0 aliphatic rings. The number of methoxy groups -OCH3 is 1. The molecule has 4 heteroatoms. The monoisotopic (exact) mass is 227 g/mol. The van der Waals surface area contributed by atoms with Crippen LogP contribution in [-0.2, 0) is 6.42 Å². The van der Waals surface area contributed by atoms with E-state index >= 15 is 0 Å². The van der Waals surface area contributed by atoms with Gasteiger partial charge in [0.25, 0.3) is 0 Å². The van der Waals surface area contributed by atoms with Crippen molar-refractivity contribution in [3.63, 3.8) is 0 Å². The van der Waals surface area contributed by atoms with Crippen LogP contribution in [0.25, 0.3) is 11.0 Å². The molecule has 2 N–H and O–H groups in total. The predicted molar refractivity (Wildman–Crippen MR) is 62.8 cm³/mol. The molecule has 3 nitrogen and oxygen atoms in total. The quantitative estimate of drug-likeness (QED) is 0.876. The highest BCUT2D eigenvalue weighted by atomic mass is 35.5. The molecule has 0 radical (unpaired) electrons. The van der Waals surface area contributed by atoms with Crippen molar-refractivity contribution in [3.05, 3.63) is 30.0 Å². The Morgan fingerprint density at radius 2 is 2.13 bits per heavy atom. The molecule has 2 aromatic rings. The van der Waals surface area contributed by atoms with Gasteiger partial charge < -0.3 is 14.9 Å². The average molecular weight is 228 g/mol. The Morgan fingerprint density at radius 1 is 1.33 bits per heavy atom. The Bertz CT molecular complexity index is 439. The first kappa shape index (κ1) is 11.9. The summed E-state index contributed by atoms with van der Waals surface area (Å²) in [7, 11) is 1.65. The molecule has 0 saturated heterocycles. The molecule has 15 heavy (non-hydrogen) atoms. The summed E-state index contributed by atoms with van der Waals surface area (Å²) >= 11 is 0. The SMILES string of the molecule is COc1ccc2oc(CCN)cc2c1.Cl. The van der Waals surface area contributed by atoms with E-state index in [9.17, 15) is 0 Å². The van der Waals surface area contributed by atoms with Gasteiger partial charge in [0.1, 0.15) is 17.1 Å². The van der Waals surface area contributed by atoms with Crippen LogP contribution >= 0.6 is 12.4 Å². The minimum Gasteiger partial charge on any atom is -0.497 e. The molecule has 1 aromatic heterocycles. The molecule has 1 heterocycles. The third-order valence-electron chi connectivity index (χ3n) is 2.17. The Labute approximate surface area is 94.6 Å². The van der Waals surface area contributed by atoms with Gasteiger partial charge in [0.2, 0.25) is 0 Å². The molecule has 0 fully saturated rings. The maximum Gasteiger partial charge on any atom is 0.134 e. The van der Waals surface area contributed by atoms with Gasteiger partial charge in [-0.25, -0.2) is 0 Å². The number of benzene rings is 1. The number of furan rings is 1. The van der Waals surface area contributed by atoms with Crippen LogP contribution in [0, 0.1) is 0 Å². The smallest absolute Gasteiger partial charge is 0.134 e. The molecule has 0 spiro atoms. The van der Waals surface area contributed by atoms with E-state index in [1.165, 1.54) is 0 Å². The Hall–Kier alpha value is -1.19. The fraction of sp³-hybridized carbons (Fsp3) is 0.273. The standard InChI is InChI=1S/C11H13NO2.ClH/c1-13-9-2-3-11-8(6-9)7-10(14-11)4-5-12;/h2-3,6-7H,4-5,12H2,1H3;1H. The van der Waals surface area contributed by atoms with Crippen molar-refractivity contribution in [1.82, 2.24) is 0 Å². The highest BCUT2D eigenvalue weighted by Gasteiger charge is 2.03. The fourth-order valence-electron chi connectivity index (χ4n) is 1.47. The number of hydrogen-bond acceptors (Lipinski definition) is 3. The van der Waals surface area contributed by atoms with Crippen molar-refractivity contribution in [3.8, 4) is 5.75 Å². The topological polar surface area (TPSA) is 48.4 Å². The van der Waals surface area contributed by atoms with Gasteiger partial charge in [-0.3, -0.25) is 0 Å². The molecule has 0 bridgehead atoms. The molecule has 0 atom stereocenters. The summed E-state index contributed by atoms with van der Waals surface area (Å²) < 4.78 is 10.7. The number of nitrogens with two attached hydrogens (primary N) is 1. The maximum atomic E-state index is 5.57. The molecular weight excluding hydrogens is 214 g/mol. The van der Waals surface area contributed by atoms with Gasteiger partial charge in [0.05, 0.1) is 7.11 Å². The second kappa shape index (κ2) is 5.05. The highest BCUT2D eigenvalue weighted by molar-refractivity contribution is 5.85. The lowest BCUT2D eigenvalue weighted by Crippen LogP contribution is -2.01. The van der Waals surface area contributed by atoms with E-state index in [0.29, 0.717) is 6.54 Å². The predicted octanol–water partition coefficient (Wildman–Crippen LogP) is 2.36. The van der Waals surface area contributed by atoms with Gasteiger partial charge in [-0.05, 0) is 30.8 Å². The number of halogens is 1. The highest BCUT2D eigenvalue weighted by Crippen LogP contribution is 2.24. The van der Waals surface area contributed by atoms with E-state index < -0.39 is 0 Å². The van der Waals surface area contributed by atoms with Crippen LogP contribution < -0.4 is 10.5 Å². The minimum atomic E-state index is 0. The molecule has 0 saturated carbocycles. The van der Waals surface area contributed by atoms with Crippen molar-refractivity contribution in [2.75, 3.05) is 13.7 Å². The van der Waals surface area contributed by atoms with Crippen LogP contribution in [0.4, 0.5) is 0 Å². The van der Waals surface area contributed by atoms with Crippen molar-refractivity contribution < 1.29 is 9.15 Å². The molecule has 2 rings (SSSR count). The van der Waals surface area contributed by atoms with E-state index in [4.69, 9.17) is 14.9 Å². The molecule has 0 aliphatic heterocycles. The van der Waals surface area contributed by atoms with Crippen molar-refractivity contribution >= 4 is 23.4 Å². The summed E-state index contributed by atoms with van der Waals surface area (Å²) in [5, 5.41) is 1.06. The van der Waals surface area contributed by atoms with E-state index in [0.717, 1.165) is 28.9 Å². The van der Waals surface area contributed by atoms with Gasteiger partial charge in [0, 0.05) is 11.8 Å². The van der Waals surface area contributed by atoms with Gasteiger partial charge in [-0.15, -0.1) is 12.4 Å². The first-order valence-corrected chi connectivity index (χ1v) is 4.60. The lowest BCUT2D eigenvalue weighted by atomic mass is 10.2. The Morgan fingerprint density at radius 3 is 2.80 bits per heavy atom. The van der Waals surface area contributed by atoms with E-state index in [1.54, 1.807) is 7.11 Å². The van der Waals surface area contributed by atoms with Crippen LogP contribution in [0.15, 0.2) is 28.7 Å². The maximum absolute atomic E-state index is 5.57. The first-order chi connectivity index (χ1) is 6.83. The summed E-state index contributed by atoms with van der Waals surface area (Å²) in [5.41, 5.74) is 6.34. The van der Waals surface area contributed by atoms with Gasteiger partial charge in [0.15, 0.2) is 0 Å². The lowest BCUT2D eigenvalue weighted by molar-refractivity contribution is 0.415. The van der Waals surface area contributed by atoms with Crippen molar-refractivity contribution in [2.45, 2.75) is 6.42 Å². The zero-order valence-electron chi connectivity index (χ0n) is 8.53. The normalized spacial score (nSPS) is 10.0. The van der Waals surface area contributed by atoms with E-state index in [2.05, 4.69) is 0 Å². The third-order valence-corrected chi connectivity index (χ3v) is 2.17. The van der Waals surface area contributed by atoms with Crippen LogP contribution in [0.2, 0.25) is 0 Å². The summed E-state index contributed by atoms with van der Waals surface area (Å²) in [6.07, 6.45) is 0.775. The van der Waals surface area contributed by atoms with Crippen LogP contribution in [0.3, 0.4) is 0 Å². The number of ether oxygens (including phenoxy) is 1. The summed E-state index contributed by atoms with van der Waals surface area (Å²) in [6, 6.07) is 7.76. The second-order valence-corrected chi connectivity index (χ2v) is 3.16. The molecule has 0 aliphatic carbocycles. The van der Waals surface area contributed by atoms with E-state index in [1.807, 2.05) is 24.3 Å². The van der Waals surface area contributed by atoms with Gasteiger partial charge in [-0.2, -0.15) is 0 Å². The second-order valence-electron chi connectivity index (χ2n) is 3.16. The largest absolute Gasteiger partial charge is 0.497 e. The molecule has 0 amide bonds. The summed E-state index contributed by atoms with van der Waals surface area (Å²) in [6.45, 7) is 0.608. The molecule has 82 valence electrons.